The van der Waals surface area contributed by atoms with E-state index in [0.717, 1.165) is 0 Å². The number of nitrogens with zero attached hydrogens (tertiary/aromatic N) is 1. The predicted molar refractivity (Wildman–Crippen MR) is 103 cm³/mol. The molecule has 1 heterocycles. The van der Waals surface area contributed by atoms with E-state index in [1.54, 1.807) is 31.2 Å². The van der Waals surface area contributed by atoms with Crippen LogP contribution < -0.4 is 5.32 Å². The second-order valence-electron chi connectivity index (χ2n) is 6.23. The summed E-state index contributed by atoms with van der Waals surface area (Å²) < 4.78 is 20.1. The lowest BCUT2D eigenvalue weighted by molar-refractivity contribution is -0.141. The van der Waals surface area contributed by atoms with Crippen molar-refractivity contribution >= 4 is 18.0 Å². The molecule has 0 spiro atoms. The fourth-order valence-electron chi connectivity index (χ4n) is 3.07. The normalized spacial score (nSPS) is 16.5. The molecular weight excluding hydrogens is 380 g/mol. The molecule has 0 bridgehead atoms. The van der Waals surface area contributed by atoms with Crippen molar-refractivity contribution in [3.05, 3.63) is 46.7 Å². The third-order valence-corrected chi connectivity index (χ3v) is 4.53. The highest BCUT2D eigenvalue weighted by atomic mass is 16.6. The van der Waals surface area contributed by atoms with Gasteiger partial charge >= 0.3 is 18.0 Å². The molecular formula is C20H26N2O7. The van der Waals surface area contributed by atoms with E-state index in [2.05, 4.69) is 5.32 Å². The van der Waals surface area contributed by atoms with Crippen molar-refractivity contribution in [1.82, 2.24) is 10.2 Å². The Morgan fingerprint density at radius 1 is 1.03 bits per heavy atom. The molecule has 0 saturated carbocycles. The molecule has 0 unspecified atom stereocenters. The smallest absolute Gasteiger partial charge is 0.338 e. The van der Waals surface area contributed by atoms with E-state index in [4.69, 9.17) is 18.9 Å². The van der Waals surface area contributed by atoms with Gasteiger partial charge in [0.15, 0.2) is 0 Å². The number of methoxy groups -OCH3 is 3. The van der Waals surface area contributed by atoms with Crippen LogP contribution in [-0.4, -0.2) is 70.6 Å². The number of hydrogen-bond donors (Lipinski definition) is 1. The zero-order chi connectivity index (χ0) is 21.4. The summed E-state index contributed by atoms with van der Waals surface area (Å²) in [5, 5.41) is 2.80. The first kappa shape index (κ1) is 22.4. The van der Waals surface area contributed by atoms with E-state index in [1.165, 1.54) is 26.2 Å². The van der Waals surface area contributed by atoms with Crippen molar-refractivity contribution in [2.75, 3.05) is 47.7 Å². The number of urea groups is 1. The van der Waals surface area contributed by atoms with Gasteiger partial charge in [0.2, 0.25) is 0 Å². The number of nitrogens with one attached hydrogen (secondary N) is 1. The lowest BCUT2D eigenvalue weighted by atomic mass is 9.91. The monoisotopic (exact) mass is 406 g/mol. The van der Waals surface area contributed by atoms with Crippen LogP contribution in [0.2, 0.25) is 0 Å². The van der Waals surface area contributed by atoms with Gasteiger partial charge in [-0.1, -0.05) is 18.2 Å². The molecule has 1 aromatic rings. The molecule has 2 rings (SSSR count). The number of esters is 2. The van der Waals surface area contributed by atoms with Crippen LogP contribution in [-0.2, 0) is 23.7 Å². The maximum Gasteiger partial charge on any atom is 0.338 e. The van der Waals surface area contributed by atoms with E-state index in [0.29, 0.717) is 17.9 Å². The summed E-state index contributed by atoms with van der Waals surface area (Å²) in [5.74, 6) is -1.17. The van der Waals surface area contributed by atoms with Crippen molar-refractivity contribution in [2.24, 2.45) is 0 Å². The number of carbonyl (C=O) groups is 3. The van der Waals surface area contributed by atoms with Crippen molar-refractivity contribution in [3.63, 3.8) is 0 Å². The van der Waals surface area contributed by atoms with Gasteiger partial charge in [0, 0.05) is 19.9 Å². The van der Waals surface area contributed by atoms with Crippen LogP contribution in [0.15, 0.2) is 35.5 Å². The van der Waals surface area contributed by atoms with E-state index in [9.17, 15) is 14.4 Å². The van der Waals surface area contributed by atoms with Crippen molar-refractivity contribution in [1.29, 1.82) is 0 Å². The molecule has 9 heteroatoms. The molecule has 0 radical (unpaired) electrons. The summed E-state index contributed by atoms with van der Waals surface area (Å²) in [6, 6.07) is 5.36. The first-order chi connectivity index (χ1) is 14.0. The van der Waals surface area contributed by atoms with Crippen LogP contribution >= 0.6 is 0 Å². The minimum absolute atomic E-state index is 0.0590. The Morgan fingerprint density at radius 3 is 2.38 bits per heavy atom. The van der Waals surface area contributed by atoms with Crippen LogP contribution in [0.1, 0.15) is 28.9 Å². The molecule has 0 aliphatic carbocycles. The van der Waals surface area contributed by atoms with Crippen molar-refractivity contribution in [2.45, 2.75) is 13.0 Å². The van der Waals surface area contributed by atoms with Crippen LogP contribution in [0.25, 0.3) is 0 Å². The molecule has 29 heavy (non-hydrogen) atoms. The highest BCUT2D eigenvalue weighted by Crippen LogP contribution is 2.33. The minimum atomic E-state index is -0.869. The standard InChI is InChI=1S/C20H26N2O7/c1-13-16(19(24)29-12-11-27-3)17(21-20(25)22(13)9-10-26-2)14-7-5-6-8-15(14)18(23)28-4/h5-8,17H,9-12H2,1-4H3,(H,21,25)/t17-/m1/s1. The molecule has 1 aliphatic rings. The van der Waals surface area contributed by atoms with E-state index < -0.39 is 24.0 Å². The van der Waals surface area contributed by atoms with Crippen molar-refractivity contribution < 1.29 is 33.3 Å². The van der Waals surface area contributed by atoms with E-state index in [1.807, 2.05) is 0 Å². The van der Waals surface area contributed by atoms with Gasteiger partial charge in [-0.05, 0) is 18.6 Å². The summed E-state index contributed by atoms with van der Waals surface area (Å²) in [4.78, 5) is 39.2. The summed E-state index contributed by atoms with van der Waals surface area (Å²) in [5.41, 5.74) is 1.35. The molecule has 1 aromatic carbocycles. The number of ether oxygens (including phenoxy) is 4. The summed E-state index contributed by atoms with van der Waals surface area (Å²) in [6.45, 7) is 2.51. The maximum absolute atomic E-state index is 12.9. The molecule has 1 N–H and O–H groups in total. The van der Waals surface area contributed by atoms with Gasteiger partial charge in [-0.3, -0.25) is 4.90 Å². The molecule has 158 valence electrons. The third-order valence-electron chi connectivity index (χ3n) is 4.53. The van der Waals surface area contributed by atoms with Gasteiger partial charge in [-0.2, -0.15) is 0 Å². The SMILES string of the molecule is COCCOC(=O)C1=C(C)N(CCOC)C(=O)N[C@@H]1c1ccccc1C(=O)OC. The average molecular weight is 406 g/mol. The number of hydrogen-bond acceptors (Lipinski definition) is 7. The zero-order valence-corrected chi connectivity index (χ0v) is 17.0. The number of benzene rings is 1. The quantitative estimate of drug-likeness (QED) is 0.491. The Kier molecular flexibility index (Phi) is 8.17. The van der Waals surface area contributed by atoms with Crippen LogP contribution in [0.5, 0.6) is 0 Å². The fourth-order valence-corrected chi connectivity index (χ4v) is 3.07. The molecule has 1 atom stereocenters. The largest absolute Gasteiger partial charge is 0.465 e. The van der Waals surface area contributed by atoms with Gasteiger partial charge in [0.25, 0.3) is 0 Å². The summed E-state index contributed by atoms with van der Waals surface area (Å²) in [6.07, 6.45) is 0. The Morgan fingerprint density at radius 2 is 1.72 bits per heavy atom. The maximum atomic E-state index is 12.9. The van der Waals surface area contributed by atoms with Gasteiger partial charge in [-0.15, -0.1) is 0 Å². The van der Waals surface area contributed by atoms with E-state index >= 15 is 0 Å². The van der Waals surface area contributed by atoms with Gasteiger partial charge in [-0.25, -0.2) is 14.4 Å². The number of carbonyl (C=O) groups excluding carboxylic acids is 3. The first-order valence-electron chi connectivity index (χ1n) is 9.07. The molecule has 9 nitrogen and oxygen atoms in total. The Bertz CT molecular complexity index is 791. The van der Waals surface area contributed by atoms with Gasteiger partial charge < -0.3 is 24.3 Å². The van der Waals surface area contributed by atoms with Crippen molar-refractivity contribution in [3.8, 4) is 0 Å². The Hall–Kier alpha value is -2.91. The molecule has 2 amide bonds. The summed E-state index contributed by atoms with van der Waals surface area (Å²) >= 11 is 0. The Labute approximate surface area is 169 Å². The zero-order valence-electron chi connectivity index (χ0n) is 17.0. The molecule has 0 fully saturated rings. The summed E-state index contributed by atoms with van der Waals surface area (Å²) in [7, 11) is 4.30. The lowest BCUT2D eigenvalue weighted by Gasteiger charge is -2.35. The number of amides is 2. The topological polar surface area (TPSA) is 103 Å². The molecule has 1 aliphatic heterocycles. The second kappa shape index (κ2) is 10.6. The fraction of sp³-hybridized carbons (Fsp3) is 0.450. The van der Waals surface area contributed by atoms with Gasteiger partial charge in [0.1, 0.15) is 6.61 Å². The first-order valence-corrected chi connectivity index (χ1v) is 9.07. The van der Waals surface area contributed by atoms with Gasteiger partial charge in [0.05, 0.1) is 44.0 Å². The second-order valence-corrected chi connectivity index (χ2v) is 6.23. The van der Waals surface area contributed by atoms with Crippen LogP contribution in [0, 0.1) is 0 Å². The van der Waals surface area contributed by atoms with Crippen LogP contribution in [0.3, 0.4) is 0 Å². The average Bonchev–Trinajstić information content (AvgIpc) is 2.72. The van der Waals surface area contributed by atoms with E-state index in [-0.39, 0.29) is 30.9 Å². The number of rotatable bonds is 9. The molecule has 0 aromatic heterocycles. The highest BCUT2D eigenvalue weighted by Gasteiger charge is 2.38. The minimum Gasteiger partial charge on any atom is -0.465 e. The van der Waals surface area contributed by atoms with Crippen LogP contribution in [0.4, 0.5) is 4.79 Å². The number of allylic oxidation sites excluding steroid dienone is 1. The highest BCUT2D eigenvalue weighted by molar-refractivity contribution is 5.97. The predicted octanol–water partition coefficient (Wildman–Crippen LogP) is 1.65. The lowest BCUT2D eigenvalue weighted by Crippen LogP contribution is -2.49. The molecule has 0 saturated heterocycles. The Balaban J connectivity index is 2.52. The third kappa shape index (κ3) is 5.12.